The molecule has 1 atom stereocenters. The van der Waals surface area contributed by atoms with Crippen LogP contribution in [0.4, 0.5) is 5.69 Å². The second-order valence-corrected chi connectivity index (χ2v) is 5.04. The fourth-order valence-electron chi connectivity index (χ4n) is 2.41. The van der Waals surface area contributed by atoms with Crippen molar-refractivity contribution >= 4 is 5.69 Å². The lowest BCUT2D eigenvalue weighted by molar-refractivity contribution is 0.202. The second-order valence-electron chi connectivity index (χ2n) is 5.04. The molecule has 0 radical (unpaired) electrons. The molecule has 1 rings (SSSR count). The van der Waals surface area contributed by atoms with Crippen LogP contribution in [0, 0.1) is 0 Å². The average Bonchev–Trinajstić information content (AvgIpc) is 2.43. The molecule has 0 bridgehead atoms. The minimum Gasteiger partial charge on any atom is -0.383 e. The van der Waals surface area contributed by atoms with Gasteiger partial charge in [0.2, 0.25) is 0 Å². The Bertz CT molecular complexity index is 344. The van der Waals surface area contributed by atoms with E-state index >= 15 is 0 Å². The van der Waals surface area contributed by atoms with Crippen molar-refractivity contribution in [1.29, 1.82) is 0 Å². The minimum absolute atomic E-state index is 0.0922. The van der Waals surface area contributed by atoms with Gasteiger partial charge in [-0.05, 0) is 37.5 Å². The molecule has 0 aliphatic rings. The predicted molar refractivity (Wildman–Crippen MR) is 82.6 cm³/mol. The smallest absolute Gasteiger partial charge is 0.0637 e. The molecule has 108 valence electrons. The Hall–Kier alpha value is -1.06. The molecule has 3 heteroatoms. The van der Waals surface area contributed by atoms with Crippen molar-refractivity contribution in [3.05, 3.63) is 29.8 Å². The fraction of sp³-hybridized carbons (Fsp3) is 0.625. The number of anilines is 1. The summed E-state index contributed by atoms with van der Waals surface area (Å²) < 4.78 is 5.23. The molecule has 0 amide bonds. The van der Waals surface area contributed by atoms with Crippen molar-refractivity contribution < 1.29 is 4.74 Å². The summed E-state index contributed by atoms with van der Waals surface area (Å²) in [6, 6.07) is 9.26. The van der Waals surface area contributed by atoms with Gasteiger partial charge in [0.25, 0.3) is 0 Å². The monoisotopic (exact) mass is 264 g/mol. The van der Waals surface area contributed by atoms with Crippen LogP contribution in [0.3, 0.4) is 0 Å². The maximum atomic E-state index is 5.90. The van der Waals surface area contributed by atoms with E-state index in [-0.39, 0.29) is 6.04 Å². The molecule has 1 aromatic carbocycles. The van der Waals surface area contributed by atoms with Crippen LogP contribution >= 0.6 is 0 Å². The first kappa shape index (κ1) is 16.0. The molecule has 0 fully saturated rings. The van der Waals surface area contributed by atoms with Gasteiger partial charge in [-0.2, -0.15) is 0 Å². The number of hydrogen-bond acceptors (Lipinski definition) is 3. The molecule has 0 saturated carbocycles. The summed E-state index contributed by atoms with van der Waals surface area (Å²) >= 11 is 0. The first-order valence-electron chi connectivity index (χ1n) is 7.25. The van der Waals surface area contributed by atoms with Gasteiger partial charge in [0.15, 0.2) is 0 Å². The third-order valence-electron chi connectivity index (χ3n) is 3.67. The van der Waals surface area contributed by atoms with E-state index in [9.17, 15) is 0 Å². The highest BCUT2D eigenvalue weighted by atomic mass is 16.5. The molecule has 0 aromatic heterocycles. The number of nitrogens with two attached hydrogens (primary N) is 1. The van der Waals surface area contributed by atoms with Gasteiger partial charge in [-0.3, -0.25) is 0 Å². The van der Waals surface area contributed by atoms with Crippen molar-refractivity contribution in [2.75, 3.05) is 25.2 Å². The summed E-state index contributed by atoms with van der Waals surface area (Å²) in [5.41, 5.74) is 8.34. The van der Waals surface area contributed by atoms with Crippen LogP contribution in [0.25, 0.3) is 0 Å². The van der Waals surface area contributed by atoms with Crippen LogP contribution in [0.2, 0.25) is 0 Å². The molecule has 19 heavy (non-hydrogen) atoms. The topological polar surface area (TPSA) is 38.5 Å². The van der Waals surface area contributed by atoms with Crippen LogP contribution in [0.5, 0.6) is 0 Å². The Kier molecular flexibility index (Phi) is 6.89. The highest BCUT2D eigenvalue weighted by Crippen LogP contribution is 2.22. The van der Waals surface area contributed by atoms with E-state index in [1.807, 2.05) is 6.92 Å². The molecule has 2 N–H and O–H groups in total. The molecular weight excluding hydrogens is 236 g/mol. The molecule has 1 unspecified atom stereocenters. The summed E-state index contributed by atoms with van der Waals surface area (Å²) in [4.78, 5) is 2.44. The zero-order valence-corrected chi connectivity index (χ0v) is 12.7. The largest absolute Gasteiger partial charge is 0.383 e. The van der Waals surface area contributed by atoms with Gasteiger partial charge < -0.3 is 15.4 Å². The lowest BCUT2D eigenvalue weighted by atomic mass is 10.1. The molecule has 3 nitrogen and oxygen atoms in total. The zero-order valence-electron chi connectivity index (χ0n) is 12.7. The first-order valence-corrected chi connectivity index (χ1v) is 7.25. The van der Waals surface area contributed by atoms with Gasteiger partial charge >= 0.3 is 0 Å². The number of nitrogens with zero attached hydrogens (tertiary/aromatic N) is 1. The second kappa shape index (κ2) is 8.18. The number of ether oxygens (including phenoxy) is 1. The summed E-state index contributed by atoms with van der Waals surface area (Å²) in [6.45, 7) is 8.18. The van der Waals surface area contributed by atoms with Crippen molar-refractivity contribution in [1.82, 2.24) is 0 Å². The van der Waals surface area contributed by atoms with Crippen molar-refractivity contribution in [3.63, 3.8) is 0 Å². The van der Waals surface area contributed by atoms with Gasteiger partial charge in [0.1, 0.15) is 0 Å². The van der Waals surface area contributed by atoms with E-state index in [1.165, 1.54) is 11.3 Å². The summed E-state index contributed by atoms with van der Waals surface area (Å²) in [6.07, 6.45) is 2.30. The predicted octanol–water partition coefficient (Wildman–Crippen LogP) is 3.35. The highest BCUT2D eigenvalue weighted by Gasteiger charge is 2.15. The van der Waals surface area contributed by atoms with Gasteiger partial charge in [-0.1, -0.05) is 26.0 Å². The summed E-state index contributed by atoms with van der Waals surface area (Å²) in [7, 11) is 1.75. The Balaban J connectivity index is 2.89. The van der Waals surface area contributed by atoms with Crippen LogP contribution < -0.4 is 10.6 Å². The molecule has 1 aromatic rings. The van der Waals surface area contributed by atoms with Crippen molar-refractivity contribution in [2.45, 2.75) is 45.7 Å². The van der Waals surface area contributed by atoms with Crippen LogP contribution in [-0.2, 0) is 4.74 Å². The van der Waals surface area contributed by atoms with E-state index in [1.54, 1.807) is 7.11 Å². The van der Waals surface area contributed by atoms with Crippen LogP contribution in [0.1, 0.15) is 45.2 Å². The average molecular weight is 264 g/mol. The van der Waals surface area contributed by atoms with E-state index in [0.717, 1.165) is 26.0 Å². The van der Waals surface area contributed by atoms with E-state index in [0.29, 0.717) is 6.04 Å². The van der Waals surface area contributed by atoms with Gasteiger partial charge in [0, 0.05) is 31.4 Å². The fourth-order valence-corrected chi connectivity index (χ4v) is 2.41. The Labute approximate surface area is 117 Å². The molecule has 0 aliphatic carbocycles. The van der Waals surface area contributed by atoms with E-state index in [4.69, 9.17) is 10.5 Å². The van der Waals surface area contributed by atoms with E-state index < -0.39 is 0 Å². The summed E-state index contributed by atoms with van der Waals surface area (Å²) in [5, 5.41) is 0. The molecule has 0 saturated heterocycles. The third kappa shape index (κ3) is 4.51. The van der Waals surface area contributed by atoms with Crippen molar-refractivity contribution in [2.24, 2.45) is 5.73 Å². The Morgan fingerprint density at radius 1 is 1.16 bits per heavy atom. The SMILES string of the molecule is CCC(CC)N(CCOC)c1ccc(C(C)N)cc1. The number of benzene rings is 1. The maximum absolute atomic E-state index is 5.90. The maximum Gasteiger partial charge on any atom is 0.0637 e. The van der Waals surface area contributed by atoms with Gasteiger partial charge in [-0.15, -0.1) is 0 Å². The standard InChI is InChI=1S/C16H28N2O/c1-5-15(6-2)18(11-12-19-4)16-9-7-14(8-10-16)13(3)17/h7-10,13,15H,5-6,11-12,17H2,1-4H3. The number of methoxy groups -OCH3 is 1. The number of hydrogen-bond donors (Lipinski definition) is 1. The Morgan fingerprint density at radius 3 is 2.16 bits per heavy atom. The molecule has 0 spiro atoms. The molecule has 0 aliphatic heterocycles. The van der Waals surface area contributed by atoms with Crippen LogP contribution in [0.15, 0.2) is 24.3 Å². The third-order valence-corrected chi connectivity index (χ3v) is 3.67. The Morgan fingerprint density at radius 2 is 1.74 bits per heavy atom. The van der Waals surface area contributed by atoms with Crippen molar-refractivity contribution in [3.8, 4) is 0 Å². The van der Waals surface area contributed by atoms with E-state index in [2.05, 4.69) is 43.0 Å². The molecular formula is C16H28N2O. The lowest BCUT2D eigenvalue weighted by Crippen LogP contribution is -2.37. The highest BCUT2D eigenvalue weighted by molar-refractivity contribution is 5.49. The zero-order chi connectivity index (χ0) is 14.3. The van der Waals surface area contributed by atoms with Gasteiger partial charge in [-0.25, -0.2) is 0 Å². The van der Waals surface area contributed by atoms with Gasteiger partial charge in [0.05, 0.1) is 6.61 Å². The first-order chi connectivity index (χ1) is 9.13. The lowest BCUT2D eigenvalue weighted by Gasteiger charge is -2.32. The molecule has 0 heterocycles. The normalized spacial score (nSPS) is 12.7. The quantitative estimate of drug-likeness (QED) is 0.782. The van der Waals surface area contributed by atoms with Crippen LogP contribution in [-0.4, -0.2) is 26.3 Å². The number of rotatable bonds is 8. The summed E-state index contributed by atoms with van der Waals surface area (Å²) in [5.74, 6) is 0. The minimum atomic E-state index is 0.0922.